The fourth-order valence-corrected chi connectivity index (χ4v) is 4.13. The molecule has 0 fully saturated rings. The molecule has 0 heterocycles. The number of hydrogen-bond donors (Lipinski definition) is 2. The summed E-state index contributed by atoms with van der Waals surface area (Å²) in [5.74, 6) is 1.15. The van der Waals surface area contributed by atoms with Crippen molar-refractivity contribution in [2.45, 2.75) is 13.5 Å². The summed E-state index contributed by atoms with van der Waals surface area (Å²) in [7, 11) is 1.58. The number of hydrogen-bond acceptors (Lipinski definition) is 4. The number of carbonyl (C=O) groups excluding carboxylic acids is 1. The molecule has 0 unspecified atom stereocenters. The number of para-hydroxylation sites is 1. The molecular weight excluding hydrogens is 494 g/mol. The highest BCUT2D eigenvalue weighted by atomic mass is 79.9. The molecule has 0 atom stereocenters. The zero-order valence-electron chi connectivity index (χ0n) is 18.8. The molecule has 0 saturated heterocycles. The molecule has 7 heteroatoms. The normalized spacial score (nSPS) is 10.9. The second-order valence-electron chi connectivity index (χ2n) is 7.60. The summed E-state index contributed by atoms with van der Waals surface area (Å²) in [5, 5.41) is 9.12. The number of ether oxygens (including phenoxy) is 2. The van der Waals surface area contributed by atoms with E-state index in [4.69, 9.17) is 9.47 Å². The number of urea groups is 1. The molecule has 0 spiro atoms. The first-order valence-electron chi connectivity index (χ1n) is 10.7. The first kappa shape index (κ1) is 23.3. The van der Waals surface area contributed by atoms with Gasteiger partial charge in [-0.1, -0.05) is 60.7 Å². The fraction of sp³-hybridized carbons (Fsp3) is 0.111. The third-order valence-electron chi connectivity index (χ3n) is 5.28. The highest BCUT2D eigenvalue weighted by Crippen LogP contribution is 2.37. The topological polar surface area (TPSA) is 72.0 Å². The number of carbonyl (C=O) groups is 1. The van der Waals surface area contributed by atoms with Gasteiger partial charge >= 0.3 is 6.03 Å². The van der Waals surface area contributed by atoms with Gasteiger partial charge in [-0.15, -0.1) is 0 Å². The third-order valence-corrected chi connectivity index (χ3v) is 5.87. The molecule has 0 aliphatic heterocycles. The number of aryl methyl sites for hydroxylation is 1. The second kappa shape index (κ2) is 10.9. The van der Waals surface area contributed by atoms with E-state index in [-0.39, 0.29) is 0 Å². The summed E-state index contributed by atoms with van der Waals surface area (Å²) >= 11 is 3.57. The lowest BCUT2D eigenvalue weighted by Gasteiger charge is -2.14. The van der Waals surface area contributed by atoms with Crippen LogP contribution in [-0.2, 0) is 6.61 Å². The Morgan fingerprint density at radius 1 is 1.03 bits per heavy atom. The number of nitrogens with zero attached hydrogens (tertiary/aromatic N) is 1. The maximum atomic E-state index is 12.1. The van der Waals surface area contributed by atoms with E-state index >= 15 is 0 Å². The summed E-state index contributed by atoms with van der Waals surface area (Å²) in [5.41, 5.74) is 5.99. The average molecular weight is 518 g/mol. The minimum Gasteiger partial charge on any atom is -0.493 e. The van der Waals surface area contributed by atoms with E-state index in [2.05, 4.69) is 56.0 Å². The number of fused-ring (bicyclic) bond motifs is 1. The van der Waals surface area contributed by atoms with Gasteiger partial charge in [-0.25, -0.2) is 10.2 Å². The predicted molar refractivity (Wildman–Crippen MR) is 140 cm³/mol. The molecule has 0 bridgehead atoms. The van der Waals surface area contributed by atoms with E-state index in [0.29, 0.717) is 18.1 Å². The van der Waals surface area contributed by atoms with Crippen molar-refractivity contribution in [3.63, 3.8) is 0 Å². The van der Waals surface area contributed by atoms with Crippen molar-refractivity contribution in [2.75, 3.05) is 12.4 Å². The molecule has 0 aromatic heterocycles. The van der Waals surface area contributed by atoms with Crippen molar-refractivity contribution in [1.82, 2.24) is 5.43 Å². The lowest BCUT2D eigenvalue weighted by Crippen LogP contribution is -2.24. The number of amides is 2. The molecule has 0 aliphatic rings. The largest absolute Gasteiger partial charge is 0.493 e. The highest BCUT2D eigenvalue weighted by Gasteiger charge is 2.12. The average Bonchev–Trinajstić information content (AvgIpc) is 2.84. The first-order valence-corrected chi connectivity index (χ1v) is 11.5. The van der Waals surface area contributed by atoms with Crippen LogP contribution < -0.4 is 20.2 Å². The van der Waals surface area contributed by atoms with Crippen LogP contribution in [0.2, 0.25) is 0 Å². The van der Waals surface area contributed by atoms with E-state index in [1.807, 2.05) is 55.5 Å². The Balaban J connectivity index is 1.44. The number of benzene rings is 4. The summed E-state index contributed by atoms with van der Waals surface area (Å²) in [4.78, 5) is 12.1. The van der Waals surface area contributed by atoms with Crippen LogP contribution in [0.1, 0.15) is 16.7 Å². The molecule has 34 heavy (non-hydrogen) atoms. The summed E-state index contributed by atoms with van der Waals surface area (Å²) in [6.45, 7) is 2.32. The van der Waals surface area contributed by atoms with Crippen LogP contribution in [0.25, 0.3) is 10.8 Å². The monoisotopic (exact) mass is 517 g/mol. The number of halogens is 1. The Kier molecular flexibility index (Phi) is 7.44. The molecular formula is C27H24BrN3O3. The molecule has 0 saturated carbocycles. The van der Waals surface area contributed by atoms with Crippen LogP contribution >= 0.6 is 15.9 Å². The maximum Gasteiger partial charge on any atom is 0.339 e. The van der Waals surface area contributed by atoms with Gasteiger partial charge in [0.2, 0.25) is 0 Å². The SMILES string of the molecule is COc1cc(C=NNC(=O)Nc2ccccc2C)cc(Br)c1OCc1cccc2ccccc12. The Bertz CT molecular complexity index is 1350. The van der Waals surface area contributed by atoms with Gasteiger partial charge in [0.15, 0.2) is 11.5 Å². The van der Waals surface area contributed by atoms with E-state index in [0.717, 1.165) is 32.2 Å². The Hall–Kier alpha value is -3.84. The summed E-state index contributed by atoms with van der Waals surface area (Å²) in [6, 6.07) is 25.1. The minimum absolute atomic E-state index is 0.393. The van der Waals surface area contributed by atoms with E-state index < -0.39 is 6.03 Å². The number of nitrogens with one attached hydrogen (secondary N) is 2. The molecule has 4 aromatic carbocycles. The van der Waals surface area contributed by atoms with Gasteiger partial charge in [0, 0.05) is 5.69 Å². The Morgan fingerprint density at radius 3 is 2.62 bits per heavy atom. The van der Waals surface area contributed by atoms with Crippen LogP contribution in [0.3, 0.4) is 0 Å². The minimum atomic E-state index is -0.424. The smallest absolute Gasteiger partial charge is 0.339 e. The van der Waals surface area contributed by atoms with Gasteiger partial charge in [-0.05, 0) is 68.5 Å². The summed E-state index contributed by atoms with van der Waals surface area (Å²) < 4.78 is 12.4. The first-order chi connectivity index (χ1) is 16.5. The zero-order valence-corrected chi connectivity index (χ0v) is 20.4. The second-order valence-corrected chi connectivity index (χ2v) is 8.45. The number of anilines is 1. The van der Waals surface area contributed by atoms with Gasteiger partial charge in [0.25, 0.3) is 0 Å². The van der Waals surface area contributed by atoms with E-state index in [1.165, 1.54) is 5.39 Å². The molecule has 6 nitrogen and oxygen atoms in total. The van der Waals surface area contributed by atoms with Crippen molar-refractivity contribution in [2.24, 2.45) is 5.10 Å². The van der Waals surface area contributed by atoms with Crippen molar-refractivity contribution >= 4 is 44.6 Å². The molecule has 0 aliphatic carbocycles. The number of rotatable bonds is 7. The predicted octanol–water partition coefficient (Wildman–Crippen LogP) is 6.65. The Morgan fingerprint density at radius 2 is 1.79 bits per heavy atom. The van der Waals surface area contributed by atoms with Crippen LogP contribution in [-0.4, -0.2) is 19.4 Å². The zero-order chi connectivity index (χ0) is 23.9. The lowest BCUT2D eigenvalue weighted by atomic mass is 10.1. The van der Waals surface area contributed by atoms with E-state index in [1.54, 1.807) is 19.4 Å². The van der Waals surface area contributed by atoms with Crippen LogP contribution in [0, 0.1) is 6.92 Å². The third kappa shape index (κ3) is 5.55. The molecule has 4 aromatic rings. The van der Waals surface area contributed by atoms with Gasteiger partial charge in [0.1, 0.15) is 6.61 Å². The van der Waals surface area contributed by atoms with Crippen molar-refractivity contribution in [3.05, 3.63) is 100 Å². The van der Waals surface area contributed by atoms with Gasteiger partial charge in [-0.2, -0.15) is 5.10 Å². The fourth-order valence-electron chi connectivity index (χ4n) is 3.55. The molecule has 2 amide bonds. The lowest BCUT2D eigenvalue weighted by molar-refractivity contribution is 0.252. The van der Waals surface area contributed by atoms with Crippen molar-refractivity contribution in [1.29, 1.82) is 0 Å². The number of methoxy groups -OCH3 is 1. The van der Waals surface area contributed by atoms with Gasteiger partial charge in [0.05, 0.1) is 17.8 Å². The summed E-state index contributed by atoms with van der Waals surface area (Å²) in [6.07, 6.45) is 1.54. The standard InChI is InChI=1S/C27H24BrN3O3/c1-18-8-3-6-13-24(18)30-27(32)31-29-16-19-14-23(28)26(25(15-19)33-2)34-17-21-11-7-10-20-9-4-5-12-22(20)21/h3-16H,17H2,1-2H3,(H2,30,31,32). The van der Waals surface area contributed by atoms with Crippen molar-refractivity contribution < 1.29 is 14.3 Å². The maximum absolute atomic E-state index is 12.1. The highest BCUT2D eigenvalue weighted by molar-refractivity contribution is 9.10. The molecule has 2 N–H and O–H groups in total. The number of hydrazone groups is 1. The molecule has 0 radical (unpaired) electrons. The van der Waals surface area contributed by atoms with Gasteiger partial charge < -0.3 is 14.8 Å². The Labute approximate surface area is 206 Å². The quantitative estimate of drug-likeness (QED) is 0.213. The van der Waals surface area contributed by atoms with Gasteiger partial charge in [-0.3, -0.25) is 0 Å². The van der Waals surface area contributed by atoms with Crippen molar-refractivity contribution in [3.8, 4) is 11.5 Å². The molecule has 172 valence electrons. The van der Waals surface area contributed by atoms with Crippen LogP contribution in [0.15, 0.2) is 88.4 Å². The van der Waals surface area contributed by atoms with E-state index in [9.17, 15) is 4.79 Å². The molecule has 4 rings (SSSR count). The van der Waals surface area contributed by atoms with Crippen LogP contribution in [0.5, 0.6) is 11.5 Å². The van der Waals surface area contributed by atoms with Crippen LogP contribution in [0.4, 0.5) is 10.5 Å².